The topological polar surface area (TPSA) is 82.1 Å². The molecule has 1 saturated heterocycles. The fourth-order valence-electron chi connectivity index (χ4n) is 3.21. The lowest BCUT2D eigenvalue weighted by atomic mass is 10.0. The summed E-state index contributed by atoms with van der Waals surface area (Å²) in [5.74, 6) is 0.781. The van der Waals surface area contributed by atoms with Crippen molar-refractivity contribution in [3.8, 4) is 17.2 Å². The van der Waals surface area contributed by atoms with E-state index in [1.54, 1.807) is 18.2 Å². The van der Waals surface area contributed by atoms with Gasteiger partial charge in [0.15, 0.2) is 11.5 Å². The molecule has 0 N–H and O–H groups in total. The predicted octanol–water partition coefficient (Wildman–Crippen LogP) is 3.34. The first-order valence-electron chi connectivity index (χ1n) is 9.40. The Morgan fingerprint density at radius 3 is 2.03 bits per heavy atom. The average Bonchev–Trinajstić information content (AvgIpc) is 2.74. The number of rotatable bonds is 6. The molecule has 1 aliphatic heterocycles. The van der Waals surface area contributed by atoms with Gasteiger partial charge in [0, 0.05) is 13.1 Å². The van der Waals surface area contributed by atoms with E-state index in [0.717, 1.165) is 12.8 Å². The highest BCUT2D eigenvalue weighted by atomic mass is 32.2. The maximum Gasteiger partial charge on any atom is 0.343 e. The molecular formula is C21H25NO6S. The van der Waals surface area contributed by atoms with Crippen LogP contribution in [-0.4, -0.2) is 46.0 Å². The van der Waals surface area contributed by atoms with Crippen LogP contribution in [0.3, 0.4) is 0 Å². The van der Waals surface area contributed by atoms with Crippen LogP contribution in [0.25, 0.3) is 0 Å². The Bertz CT molecular complexity index is 941. The van der Waals surface area contributed by atoms with Crippen LogP contribution < -0.4 is 14.2 Å². The molecule has 0 bridgehead atoms. The molecule has 8 heteroatoms. The van der Waals surface area contributed by atoms with Crippen molar-refractivity contribution in [3.05, 3.63) is 48.0 Å². The van der Waals surface area contributed by atoms with Gasteiger partial charge in [-0.3, -0.25) is 0 Å². The summed E-state index contributed by atoms with van der Waals surface area (Å²) >= 11 is 0. The predicted molar refractivity (Wildman–Crippen MR) is 108 cm³/mol. The van der Waals surface area contributed by atoms with Gasteiger partial charge in [-0.2, -0.15) is 4.31 Å². The molecule has 2 aromatic carbocycles. The minimum atomic E-state index is -3.57. The summed E-state index contributed by atoms with van der Waals surface area (Å²) in [6, 6.07) is 10.8. The van der Waals surface area contributed by atoms with E-state index in [0.29, 0.717) is 30.5 Å². The summed E-state index contributed by atoms with van der Waals surface area (Å²) in [4.78, 5) is 12.7. The molecule has 0 radical (unpaired) electrons. The number of carbonyl (C=O) groups is 1. The van der Waals surface area contributed by atoms with Crippen LogP contribution >= 0.6 is 0 Å². The minimum Gasteiger partial charge on any atom is -0.493 e. The number of carbonyl (C=O) groups excluding carboxylic acids is 1. The standard InChI is InChI=1S/C21H25NO6S/c1-15-11-13-22(14-12-15)29(24,25)17-9-7-16(8-10-17)21(23)28-20-18(26-2)5-4-6-19(20)27-3/h4-10,15H,11-14H2,1-3H3. The third-order valence-corrected chi connectivity index (χ3v) is 6.96. The zero-order chi connectivity index (χ0) is 21.0. The maximum absolute atomic E-state index is 12.8. The zero-order valence-corrected chi connectivity index (χ0v) is 17.6. The highest BCUT2D eigenvalue weighted by molar-refractivity contribution is 7.89. The van der Waals surface area contributed by atoms with E-state index in [2.05, 4.69) is 6.92 Å². The number of piperidine rings is 1. The lowest BCUT2D eigenvalue weighted by molar-refractivity contribution is 0.0724. The molecule has 1 heterocycles. The van der Waals surface area contributed by atoms with Gasteiger partial charge in [0.05, 0.1) is 24.7 Å². The van der Waals surface area contributed by atoms with E-state index in [9.17, 15) is 13.2 Å². The van der Waals surface area contributed by atoms with Gasteiger partial charge >= 0.3 is 5.97 Å². The Morgan fingerprint density at radius 1 is 0.966 bits per heavy atom. The molecule has 29 heavy (non-hydrogen) atoms. The van der Waals surface area contributed by atoms with Crippen molar-refractivity contribution >= 4 is 16.0 Å². The summed E-state index contributed by atoms with van der Waals surface area (Å²) < 4.78 is 43.0. The van der Waals surface area contributed by atoms with Crippen LogP contribution in [0.1, 0.15) is 30.1 Å². The molecule has 7 nitrogen and oxygen atoms in total. The van der Waals surface area contributed by atoms with Gasteiger partial charge in [-0.25, -0.2) is 13.2 Å². The smallest absolute Gasteiger partial charge is 0.343 e. The molecule has 0 unspecified atom stereocenters. The number of para-hydroxylation sites is 1. The molecule has 0 saturated carbocycles. The summed E-state index contributed by atoms with van der Waals surface area (Å²) in [7, 11) is -0.636. The molecule has 0 aromatic heterocycles. The Kier molecular flexibility index (Phi) is 6.44. The molecule has 0 atom stereocenters. The first-order valence-corrected chi connectivity index (χ1v) is 10.8. The molecule has 3 rings (SSSR count). The van der Waals surface area contributed by atoms with Crippen molar-refractivity contribution in [1.82, 2.24) is 4.31 Å². The number of methoxy groups -OCH3 is 2. The number of esters is 1. The summed E-state index contributed by atoms with van der Waals surface area (Å²) in [5, 5.41) is 0. The maximum atomic E-state index is 12.8. The zero-order valence-electron chi connectivity index (χ0n) is 16.8. The summed E-state index contributed by atoms with van der Waals surface area (Å²) in [6.07, 6.45) is 1.70. The van der Waals surface area contributed by atoms with Crippen molar-refractivity contribution in [2.45, 2.75) is 24.7 Å². The first-order chi connectivity index (χ1) is 13.9. The number of sulfonamides is 1. The molecule has 156 valence electrons. The lowest BCUT2D eigenvalue weighted by Crippen LogP contribution is -2.37. The Hall–Kier alpha value is -2.58. The van der Waals surface area contributed by atoms with E-state index < -0.39 is 16.0 Å². The fourth-order valence-corrected chi connectivity index (χ4v) is 4.68. The van der Waals surface area contributed by atoms with E-state index >= 15 is 0 Å². The van der Waals surface area contributed by atoms with Gasteiger partial charge in [-0.15, -0.1) is 0 Å². The largest absolute Gasteiger partial charge is 0.493 e. The van der Waals surface area contributed by atoms with Crippen molar-refractivity contribution in [3.63, 3.8) is 0 Å². The molecule has 0 amide bonds. The van der Waals surface area contributed by atoms with Crippen molar-refractivity contribution in [1.29, 1.82) is 0 Å². The lowest BCUT2D eigenvalue weighted by Gasteiger charge is -2.29. The van der Waals surface area contributed by atoms with Crippen LogP contribution in [0.15, 0.2) is 47.4 Å². The normalized spacial score (nSPS) is 15.7. The van der Waals surface area contributed by atoms with E-state index in [4.69, 9.17) is 14.2 Å². The van der Waals surface area contributed by atoms with Crippen LogP contribution in [0.5, 0.6) is 17.2 Å². The van der Waals surface area contributed by atoms with Crippen molar-refractivity contribution in [2.24, 2.45) is 5.92 Å². The molecule has 2 aromatic rings. The van der Waals surface area contributed by atoms with Crippen molar-refractivity contribution in [2.75, 3.05) is 27.3 Å². The van der Waals surface area contributed by atoms with Gasteiger partial charge < -0.3 is 14.2 Å². The van der Waals surface area contributed by atoms with Crippen LogP contribution in [-0.2, 0) is 10.0 Å². The third kappa shape index (κ3) is 4.54. The number of ether oxygens (including phenoxy) is 3. The molecule has 1 aliphatic rings. The average molecular weight is 419 g/mol. The molecule has 0 spiro atoms. The number of nitrogens with zero attached hydrogens (tertiary/aromatic N) is 1. The van der Waals surface area contributed by atoms with Crippen LogP contribution in [0, 0.1) is 5.92 Å². The Morgan fingerprint density at radius 2 is 1.52 bits per heavy atom. The highest BCUT2D eigenvalue weighted by Crippen LogP contribution is 2.37. The van der Waals surface area contributed by atoms with Gasteiger partial charge in [-0.1, -0.05) is 13.0 Å². The molecular weight excluding hydrogens is 394 g/mol. The Balaban J connectivity index is 1.78. The Labute approximate surface area is 171 Å². The minimum absolute atomic E-state index is 0.165. The SMILES string of the molecule is COc1cccc(OC)c1OC(=O)c1ccc(S(=O)(=O)N2CCC(C)CC2)cc1. The van der Waals surface area contributed by atoms with Gasteiger partial charge in [0.25, 0.3) is 0 Å². The number of benzene rings is 2. The number of hydrogen-bond donors (Lipinski definition) is 0. The second kappa shape index (κ2) is 8.84. The van der Waals surface area contributed by atoms with E-state index in [1.807, 2.05) is 0 Å². The third-order valence-electron chi connectivity index (χ3n) is 5.05. The van der Waals surface area contributed by atoms with Crippen LogP contribution in [0.4, 0.5) is 0 Å². The summed E-state index contributed by atoms with van der Waals surface area (Å²) in [5.41, 5.74) is 0.226. The van der Waals surface area contributed by atoms with E-state index in [1.165, 1.54) is 42.8 Å². The second-order valence-corrected chi connectivity index (χ2v) is 8.93. The van der Waals surface area contributed by atoms with Crippen molar-refractivity contribution < 1.29 is 27.4 Å². The van der Waals surface area contributed by atoms with Gasteiger partial charge in [0.2, 0.25) is 15.8 Å². The fraction of sp³-hybridized carbons (Fsp3) is 0.381. The molecule has 1 fully saturated rings. The number of hydrogen-bond acceptors (Lipinski definition) is 6. The van der Waals surface area contributed by atoms with E-state index in [-0.39, 0.29) is 16.2 Å². The van der Waals surface area contributed by atoms with Gasteiger partial charge in [-0.05, 0) is 55.2 Å². The van der Waals surface area contributed by atoms with Gasteiger partial charge in [0.1, 0.15) is 0 Å². The second-order valence-electron chi connectivity index (χ2n) is 6.99. The molecule has 0 aliphatic carbocycles. The highest BCUT2D eigenvalue weighted by Gasteiger charge is 2.28. The quantitative estimate of drug-likeness (QED) is 0.528. The monoisotopic (exact) mass is 419 g/mol. The van der Waals surface area contributed by atoms with Crippen LogP contribution in [0.2, 0.25) is 0 Å². The summed E-state index contributed by atoms with van der Waals surface area (Å²) in [6.45, 7) is 3.16. The first kappa shape index (κ1) is 21.1.